The van der Waals surface area contributed by atoms with Gasteiger partial charge in [0.1, 0.15) is 29.3 Å². The molecule has 310 valence electrons. The molecule has 3 aromatic carbocycles. The van der Waals surface area contributed by atoms with E-state index in [1.54, 1.807) is 14.2 Å². The van der Waals surface area contributed by atoms with Crippen molar-refractivity contribution >= 4 is 8.45 Å². The summed E-state index contributed by atoms with van der Waals surface area (Å²) in [6.45, 7) is 17.3. The number of aromatic amines is 1. The maximum atomic E-state index is 13.4. The van der Waals surface area contributed by atoms with Gasteiger partial charge in [0.05, 0.1) is 27.9 Å². The van der Waals surface area contributed by atoms with Crippen LogP contribution < -0.4 is 20.7 Å². The van der Waals surface area contributed by atoms with Crippen molar-refractivity contribution in [2.24, 2.45) is 0 Å². The van der Waals surface area contributed by atoms with Crippen LogP contribution in [0.15, 0.2) is 101 Å². The van der Waals surface area contributed by atoms with Gasteiger partial charge < -0.3 is 23.5 Å². The van der Waals surface area contributed by atoms with E-state index in [4.69, 9.17) is 33.2 Å². The molecule has 0 unspecified atom stereocenters. The zero-order valence-electron chi connectivity index (χ0n) is 34.9. The van der Waals surface area contributed by atoms with Gasteiger partial charge in [-0.3, -0.25) is 14.3 Å². The molecule has 5 rings (SSSR count). The van der Waals surface area contributed by atoms with Crippen molar-refractivity contribution in [3.05, 3.63) is 129 Å². The number of benzene rings is 3. The number of nitrogens with zero attached hydrogens (tertiary/aromatic N) is 3. The van der Waals surface area contributed by atoms with Crippen LogP contribution in [0.5, 0.6) is 11.5 Å². The molecule has 14 heteroatoms. The van der Waals surface area contributed by atoms with Crippen molar-refractivity contribution in [1.29, 1.82) is 0 Å². The maximum Gasteiger partial charge on any atom is 0.330 e. The van der Waals surface area contributed by atoms with Crippen LogP contribution in [0, 0.1) is 0 Å². The van der Waals surface area contributed by atoms with Crippen LogP contribution in [-0.2, 0) is 29.4 Å². The number of ether oxygens (including phenoxy) is 4. The van der Waals surface area contributed by atoms with Crippen LogP contribution in [0.1, 0.15) is 78.3 Å². The van der Waals surface area contributed by atoms with Crippen LogP contribution in [-0.4, -0.2) is 89.3 Å². The van der Waals surface area contributed by atoms with Crippen LogP contribution in [0.4, 0.5) is 0 Å². The SMILES string of the molecule is COO[C@@H]1[C@H](OP(N(C(C)C)C(C)C)N(C(C)C)C(C)C)[C@@H](COC(c2ccccc2)(c2ccc(OC)cc2)c2ccc(OC)cc2)O[C@H]1n1ccc(=O)[nH]c1=O. The molecule has 0 radical (unpaired) electrons. The van der Waals surface area contributed by atoms with Crippen molar-refractivity contribution in [2.75, 3.05) is 27.9 Å². The summed E-state index contributed by atoms with van der Waals surface area (Å²) in [7, 11) is 3.20. The van der Waals surface area contributed by atoms with E-state index in [-0.39, 0.29) is 30.8 Å². The van der Waals surface area contributed by atoms with Crippen molar-refractivity contribution in [1.82, 2.24) is 18.9 Å². The molecule has 1 aliphatic heterocycles. The van der Waals surface area contributed by atoms with E-state index in [2.05, 4.69) is 69.7 Å². The van der Waals surface area contributed by atoms with Gasteiger partial charge in [0.15, 0.2) is 20.8 Å². The van der Waals surface area contributed by atoms with Gasteiger partial charge in [-0.05, 0) is 96.3 Å². The normalized spacial score (nSPS) is 18.9. The first-order chi connectivity index (χ1) is 27.3. The van der Waals surface area contributed by atoms with E-state index in [0.29, 0.717) is 11.5 Å². The number of H-pyrrole nitrogens is 1. The summed E-state index contributed by atoms with van der Waals surface area (Å²) in [6.07, 6.45) is -2.28. The summed E-state index contributed by atoms with van der Waals surface area (Å²) in [5.41, 5.74) is 0.182. The number of rotatable bonds is 19. The number of methoxy groups -OCH3 is 2. The first-order valence-corrected chi connectivity index (χ1v) is 20.6. The van der Waals surface area contributed by atoms with Gasteiger partial charge in [-0.25, -0.2) is 23.9 Å². The lowest BCUT2D eigenvalue weighted by Crippen LogP contribution is -2.47. The highest BCUT2D eigenvalue weighted by Crippen LogP contribution is 2.54. The molecule has 13 nitrogen and oxygen atoms in total. The molecular weight excluding hydrogens is 747 g/mol. The lowest BCUT2D eigenvalue weighted by atomic mass is 9.80. The Hall–Kier alpha value is -3.91. The lowest BCUT2D eigenvalue weighted by Gasteiger charge is -2.47. The number of hydrogen-bond donors (Lipinski definition) is 1. The number of aromatic nitrogens is 2. The molecular formula is C43H59N4O9P. The van der Waals surface area contributed by atoms with Crippen LogP contribution in [0.25, 0.3) is 0 Å². The summed E-state index contributed by atoms with van der Waals surface area (Å²) < 4.78 is 38.7. The lowest BCUT2D eigenvalue weighted by molar-refractivity contribution is -0.326. The fourth-order valence-electron chi connectivity index (χ4n) is 7.64. The Balaban J connectivity index is 1.71. The quantitative estimate of drug-likeness (QED) is 0.0446. The predicted molar refractivity (Wildman–Crippen MR) is 221 cm³/mol. The molecule has 4 aromatic rings. The number of hydrogen-bond acceptors (Lipinski definition) is 11. The number of nitrogens with one attached hydrogen (secondary N) is 1. The topological polar surface area (TPSA) is 126 Å². The van der Waals surface area contributed by atoms with E-state index in [9.17, 15) is 9.59 Å². The molecule has 0 aliphatic carbocycles. The van der Waals surface area contributed by atoms with Gasteiger partial charge >= 0.3 is 5.69 Å². The molecule has 0 bridgehead atoms. The Morgan fingerprint density at radius 1 is 0.702 bits per heavy atom. The van der Waals surface area contributed by atoms with Gasteiger partial charge in [-0.1, -0.05) is 54.6 Å². The van der Waals surface area contributed by atoms with E-state index in [0.717, 1.165) is 16.7 Å². The Bertz CT molecular complexity index is 1870. The molecule has 4 atom stereocenters. The standard InChI is InChI=1S/C43H59N4O9P/c1-28(2)46(29(3)4)57(47(30(5)6)31(7)8)56-39-37(54-41(40(39)55-52-11)45-26-25-38(48)44-42(45)49)27-53-43(32-15-13-12-14-16-32,33-17-21-35(50-9)22-18-33)34-19-23-36(51-10)24-20-34/h12-26,28-31,37,39-41H,27H2,1-11H3,(H,44,48,49)/t37-,39-,40-,41-/m1/s1. The van der Waals surface area contributed by atoms with Gasteiger partial charge in [0.25, 0.3) is 5.56 Å². The van der Waals surface area contributed by atoms with E-state index < -0.39 is 49.8 Å². The smallest absolute Gasteiger partial charge is 0.330 e. The van der Waals surface area contributed by atoms with Crippen molar-refractivity contribution in [2.45, 2.75) is 110 Å². The average molecular weight is 807 g/mol. The van der Waals surface area contributed by atoms with E-state index >= 15 is 0 Å². The van der Waals surface area contributed by atoms with Gasteiger partial charge in [0.2, 0.25) is 0 Å². The van der Waals surface area contributed by atoms with Crippen LogP contribution >= 0.6 is 8.45 Å². The summed E-state index contributed by atoms with van der Waals surface area (Å²) in [5, 5.41) is 0. The van der Waals surface area contributed by atoms with Crippen LogP contribution in [0.2, 0.25) is 0 Å². The summed E-state index contributed by atoms with van der Waals surface area (Å²) in [5.74, 6) is 1.40. The second kappa shape index (κ2) is 19.7. The first-order valence-electron chi connectivity index (χ1n) is 19.5. The zero-order chi connectivity index (χ0) is 41.4. The summed E-state index contributed by atoms with van der Waals surface area (Å²) in [6, 6.07) is 27.3. The second-order valence-electron chi connectivity index (χ2n) is 15.1. The summed E-state index contributed by atoms with van der Waals surface area (Å²) in [4.78, 5) is 39.4. The Morgan fingerprint density at radius 2 is 1.19 bits per heavy atom. The minimum absolute atomic E-state index is 0.0221. The summed E-state index contributed by atoms with van der Waals surface area (Å²) >= 11 is 0. The second-order valence-corrected chi connectivity index (χ2v) is 16.7. The molecule has 0 saturated carbocycles. The molecule has 1 fully saturated rings. The minimum atomic E-state index is -1.48. The highest BCUT2D eigenvalue weighted by molar-refractivity contribution is 7.47. The molecule has 0 spiro atoms. The molecule has 2 heterocycles. The third-order valence-corrected chi connectivity index (χ3v) is 13.1. The average Bonchev–Trinajstić information content (AvgIpc) is 3.51. The van der Waals surface area contributed by atoms with E-state index in [1.807, 2.05) is 78.9 Å². The Morgan fingerprint density at radius 3 is 1.63 bits per heavy atom. The maximum absolute atomic E-state index is 13.4. The van der Waals surface area contributed by atoms with E-state index in [1.165, 1.54) is 23.9 Å². The molecule has 0 amide bonds. The largest absolute Gasteiger partial charge is 0.497 e. The molecule has 1 N–H and O–H groups in total. The highest BCUT2D eigenvalue weighted by Gasteiger charge is 2.53. The van der Waals surface area contributed by atoms with Crippen molar-refractivity contribution in [3.8, 4) is 11.5 Å². The first kappa shape index (κ1) is 44.2. The molecule has 57 heavy (non-hydrogen) atoms. The van der Waals surface area contributed by atoms with Gasteiger partial charge in [-0.15, -0.1) is 0 Å². The Labute approximate surface area is 337 Å². The highest BCUT2D eigenvalue weighted by atomic mass is 31.2. The van der Waals surface area contributed by atoms with Crippen LogP contribution in [0.3, 0.4) is 0 Å². The minimum Gasteiger partial charge on any atom is -0.497 e. The van der Waals surface area contributed by atoms with Crippen molar-refractivity contribution < 1.29 is 33.2 Å². The van der Waals surface area contributed by atoms with Gasteiger partial charge in [0, 0.05) is 36.4 Å². The molecule has 1 aliphatic rings. The fraction of sp³-hybridized carbons (Fsp3) is 0.488. The van der Waals surface area contributed by atoms with Crippen molar-refractivity contribution in [3.63, 3.8) is 0 Å². The predicted octanol–water partition coefficient (Wildman–Crippen LogP) is 7.26. The Kier molecular flexibility index (Phi) is 15.3. The third kappa shape index (κ3) is 9.70. The molecule has 1 aromatic heterocycles. The molecule has 1 saturated heterocycles. The monoisotopic (exact) mass is 806 g/mol. The third-order valence-electron chi connectivity index (χ3n) is 9.98. The zero-order valence-corrected chi connectivity index (χ0v) is 35.8. The fourth-order valence-corrected chi connectivity index (χ4v) is 10.1. The van der Waals surface area contributed by atoms with Gasteiger partial charge in [-0.2, -0.15) is 0 Å².